The second kappa shape index (κ2) is 15.6. The first-order chi connectivity index (χ1) is 9.99. The molecule has 0 aliphatic heterocycles. The average Bonchev–Trinajstić information content (AvgIpc) is 2.53. The van der Waals surface area contributed by atoms with Crippen molar-refractivity contribution in [2.45, 2.75) is 74.1 Å². The summed E-state index contributed by atoms with van der Waals surface area (Å²) in [6.45, 7) is 14.6. The van der Waals surface area contributed by atoms with Crippen LogP contribution in [0.1, 0.15) is 74.1 Å². The number of carboxylic acid groups (broad SMARTS) is 2. The molecule has 5 heteroatoms. The van der Waals surface area contributed by atoms with Crippen molar-refractivity contribution in [3.8, 4) is 0 Å². The molecule has 1 aliphatic carbocycles. The van der Waals surface area contributed by atoms with E-state index >= 15 is 0 Å². The van der Waals surface area contributed by atoms with Crippen LogP contribution in [-0.4, -0.2) is 22.2 Å². The van der Waals surface area contributed by atoms with Crippen molar-refractivity contribution < 1.29 is 41.5 Å². The van der Waals surface area contributed by atoms with Crippen LogP contribution in [0.5, 0.6) is 0 Å². The maximum atomic E-state index is 9.60. The molecule has 0 spiro atoms. The Hall–Kier alpha value is -0.866. The van der Waals surface area contributed by atoms with Gasteiger partial charge in [-0.3, -0.25) is 15.7 Å². The molecule has 2 N–H and O–H groups in total. The van der Waals surface area contributed by atoms with Gasteiger partial charge in [0.15, 0.2) is 0 Å². The Morgan fingerprint density at radius 3 is 1.33 bits per heavy atom. The molecule has 0 amide bonds. The molecule has 1 aliphatic rings. The van der Waals surface area contributed by atoms with Gasteiger partial charge in [0, 0.05) is 12.8 Å². The maximum Gasteiger partial charge on any atom is 2.00 e. The molecule has 0 radical (unpaired) electrons. The Labute approximate surface area is 163 Å². The van der Waals surface area contributed by atoms with Gasteiger partial charge in [-0.05, 0) is 12.8 Å². The second-order valence-corrected chi connectivity index (χ2v) is 5.91. The fourth-order valence-corrected chi connectivity index (χ4v) is 1.83. The Balaban J connectivity index is -0.000000127. The molecule has 0 fully saturated rings. The van der Waals surface area contributed by atoms with Crippen LogP contribution in [0.25, 0.3) is 0 Å². The summed E-state index contributed by atoms with van der Waals surface area (Å²) in [4.78, 5) is 19.2. The number of carbonyl (C=O) groups is 2. The van der Waals surface area contributed by atoms with Gasteiger partial charge in [-0.2, -0.15) is 11.1 Å². The predicted octanol–water partition coefficient (Wildman–Crippen LogP) is 5.30. The van der Waals surface area contributed by atoms with E-state index in [2.05, 4.69) is 40.7 Å². The van der Waals surface area contributed by atoms with Crippen molar-refractivity contribution >= 4 is 11.9 Å². The minimum absolute atomic E-state index is 0. The van der Waals surface area contributed by atoms with Crippen molar-refractivity contribution in [2.24, 2.45) is 5.41 Å². The Kier molecular flexibility index (Phi) is 20.2. The molecule has 0 unspecified atom stereocenters. The molecule has 138 valence electrons. The third kappa shape index (κ3) is 14.7. The zero-order valence-electron chi connectivity index (χ0n) is 16.5. The molecule has 1 rings (SSSR count). The minimum Gasteiger partial charge on any atom is -0.481 e. The first-order valence-electron chi connectivity index (χ1n) is 7.73. The van der Waals surface area contributed by atoms with Crippen LogP contribution < -0.4 is 0 Å². The third-order valence-electron chi connectivity index (χ3n) is 3.49. The van der Waals surface area contributed by atoms with Gasteiger partial charge in [0.25, 0.3) is 0 Å². The average molecular weight is 374 g/mol. The van der Waals surface area contributed by atoms with Gasteiger partial charge >= 0.3 is 33.7 Å². The van der Waals surface area contributed by atoms with E-state index in [1.807, 2.05) is 13.8 Å². The molecule has 4 nitrogen and oxygen atoms in total. The minimum atomic E-state index is -0.711. The van der Waals surface area contributed by atoms with E-state index < -0.39 is 11.9 Å². The van der Waals surface area contributed by atoms with Crippen molar-refractivity contribution in [2.75, 3.05) is 0 Å². The standard InChI is InChI=1S/C10H15.2C4H8O2.CH3.Ti/c1-7-6-10(4,5)9(3)8(7)2;2*1-2-3-4(5)6;;/h1-5H3;2*2-3H2,1H3,(H,5,6);1H3;/q-1;;;-1;+2. The van der Waals surface area contributed by atoms with E-state index in [0.29, 0.717) is 12.8 Å². The van der Waals surface area contributed by atoms with Gasteiger partial charge in [0.2, 0.25) is 0 Å². The van der Waals surface area contributed by atoms with E-state index in [1.165, 1.54) is 16.7 Å². The summed E-state index contributed by atoms with van der Waals surface area (Å²) in [5, 5.41) is 15.8. The number of allylic oxidation sites excluding steroid dienone is 4. The zero-order valence-corrected chi connectivity index (χ0v) is 18.1. The van der Waals surface area contributed by atoms with Crippen molar-refractivity contribution in [3.05, 3.63) is 30.2 Å². The van der Waals surface area contributed by atoms with Gasteiger partial charge < -0.3 is 17.6 Å². The molecule has 0 aromatic carbocycles. The van der Waals surface area contributed by atoms with Crippen LogP contribution in [0, 0.1) is 18.9 Å². The van der Waals surface area contributed by atoms with E-state index in [9.17, 15) is 9.59 Å². The SMILES string of the molecule is CC1=[C-]C(C)(C)C(C)=C1C.CCCC(=O)O.CCCC(=O)O.[CH3-].[Ti+2]. The predicted molar refractivity (Wildman–Crippen MR) is 96.1 cm³/mol. The van der Waals surface area contributed by atoms with Crippen molar-refractivity contribution in [3.63, 3.8) is 0 Å². The van der Waals surface area contributed by atoms with Crippen molar-refractivity contribution in [1.82, 2.24) is 0 Å². The summed E-state index contributed by atoms with van der Waals surface area (Å²) < 4.78 is 0. The van der Waals surface area contributed by atoms with Crippen LogP contribution in [0.3, 0.4) is 0 Å². The summed E-state index contributed by atoms with van der Waals surface area (Å²) in [5.41, 5.74) is 4.39. The van der Waals surface area contributed by atoms with Gasteiger partial charge in [0.05, 0.1) is 0 Å². The smallest absolute Gasteiger partial charge is 0.481 e. The Bertz CT molecular complexity index is 419. The van der Waals surface area contributed by atoms with E-state index in [1.54, 1.807) is 0 Å². The number of aliphatic carboxylic acids is 2. The van der Waals surface area contributed by atoms with E-state index in [-0.39, 0.29) is 34.6 Å². The molecular weight excluding hydrogens is 340 g/mol. The largest absolute Gasteiger partial charge is 2.00 e. The molecule has 0 saturated heterocycles. The molecule has 0 saturated carbocycles. The molecule has 0 atom stereocenters. The first kappa shape index (κ1) is 31.0. The van der Waals surface area contributed by atoms with Crippen LogP contribution in [-0.2, 0) is 31.3 Å². The summed E-state index contributed by atoms with van der Waals surface area (Å²) in [6.07, 6.45) is 5.48. The van der Waals surface area contributed by atoms with Gasteiger partial charge in [-0.15, -0.1) is 6.92 Å². The second-order valence-electron chi connectivity index (χ2n) is 5.91. The number of rotatable bonds is 4. The van der Waals surface area contributed by atoms with Crippen LogP contribution in [0.4, 0.5) is 0 Å². The number of hydrogen-bond acceptors (Lipinski definition) is 2. The van der Waals surface area contributed by atoms with Crippen molar-refractivity contribution in [1.29, 1.82) is 0 Å². The van der Waals surface area contributed by atoms with E-state index in [0.717, 1.165) is 12.8 Å². The van der Waals surface area contributed by atoms with Crippen LogP contribution in [0.15, 0.2) is 16.7 Å². The quantitative estimate of drug-likeness (QED) is 0.517. The van der Waals surface area contributed by atoms with Crippen LogP contribution >= 0.6 is 0 Å². The van der Waals surface area contributed by atoms with Gasteiger partial charge in [0.1, 0.15) is 0 Å². The molecular formula is C19H34O4Ti. The number of carboxylic acids is 2. The first-order valence-corrected chi connectivity index (χ1v) is 7.73. The summed E-state index contributed by atoms with van der Waals surface area (Å²) >= 11 is 0. The fourth-order valence-electron chi connectivity index (χ4n) is 1.83. The van der Waals surface area contributed by atoms with E-state index in [4.69, 9.17) is 10.2 Å². The fraction of sp³-hybridized carbons (Fsp3) is 0.632. The normalized spacial score (nSPS) is 13.9. The number of hydrogen-bond donors (Lipinski definition) is 2. The molecule has 0 bridgehead atoms. The molecule has 0 aromatic heterocycles. The maximum absolute atomic E-state index is 9.60. The van der Waals surface area contributed by atoms with Crippen LogP contribution in [0.2, 0.25) is 0 Å². The molecule has 0 aromatic rings. The third-order valence-corrected chi connectivity index (χ3v) is 3.49. The monoisotopic (exact) mass is 374 g/mol. The molecule has 24 heavy (non-hydrogen) atoms. The Morgan fingerprint density at radius 1 is 0.958 bits per heavy atom. The van der Waals surface area contributed by atoms with Gasteiger partial charge in [-0.1, -0.05) is 47.0 Å². The summed E-state index contributed by atoms with van der Waals surface area (Å²) in [6, 6.07) is 0. The summed E-state index contributed by atoms with van der Waals surface area (Å²) in [5.74, 6) is -1.42. The summed E-state index contributed by atoms with van der Waals surface area (Å²) in [7, 11) is 0. The zero-order chi connectivity index (χ0) is 17.9. The topological polar surface area (TPSA) is 74.6 Å². The van der Waals surface area contributed by atoms with Gasteiger partial charge in [-0.25, -0.2) is 5.57 Å². The molecule has 0 heterocycles. The Morgan fingerprint density at radius 2 is 1.29 bits per heavy atom.